The molecule has 1 fully saturated rings. The molecular weight excluding hydrogens is 362 g/mol. The van der Waals surface area contributed by atoms with E-state index in [-0.39, 0.29) is 22.9 Å². The first-order valence-electron chi connectivity index (χ1n) is 10.3. The van der Waals surface area contributed by atoms with Crippen molar-refractivity contribution in [3.8, 4) is 0 Å². The molecule has 0 aliphatic carbocycles. The first-order valence-corrected chi connectivity index (χ1v) is 12.2. The third-order valence-electron chi connectivity index (χ3n) is 5.95. The first kappa shape index (κ1) is 20.8. The molecule has 4 heteroatoms. The van der Waals surface area contributed by atoms with Crippen LogP contribution in [0.1, 0.15) is 41.0 Å². The molecule has 2 atom stereocenters. The zero-order valence-electron chi connectivity index (χ0n) is 17.7. The highest BCUT2D eigenvalue weighted by atomic mass is 28.4. The molecule has 1 amide bonds. The van der Waals surface area contributed by atoms with Crippen LogP contribution in [0.25, 0.3) is 0 Å². The first-order chi connectivity index (χ1) is 13.3. The molecule has 28 heavy (non-hydrogen) atoms. The minimum Gasteiger partial charge on any atom is -0.407 e. The molecule has 3 nitrogen and oxygen atoms in total. The van der Waals surface area contributed by atoms with Gasteiger partial charge in [-0.3, -0.25) is 4.79 Å². The molecule has 1 aliphatic rings. The molecule has 0 unspecified atom stereocenters. The smallest absolute Gasteiger partial charge is 0.261 e. The number of rotatable bonds is 7. The Kier molecular flexibility index (Phi) is 6.11. The number of nitrogens with one attached hydrogen (secondary N) is 1. The van der Waals surface area contributed by atoms with Crippen LogP contribution in [0.4, 0.5) is 0 Å². The van der Waals surface area contributed by atoms with Gasteiger partial charge in [0, 0.05) is 12.6 Å². The van der Waals surface area contributed by atoms with Crippen LogP contribution in [-0.2, 0) is 9.22 Å². The van der Waals surface area contributed by atoms with Gasteiger partial charge in [0.15, 0.2) is 0 Å². The predicted octanol–water partition coefficient (Wildman–Crippen LogP) is 3.72. The highest BCUT2D eigenvalue weighted by Crippen LogP contribution is 2.37. The summed E-state index contributed by atoms with van der Waals surface area (Å²) in [7, 11) is -2.48. The second-order valence-corrected chi connectivity index (χ2v) is 13.5. The third-order valence-corrected chi connectivity index (χ3v) is 11.0. The summed E-state index contributed by atoms with van der Waals surface area (Å²) in [6.07, 6.45) is 0.860. The van der Waals surface area contributed by atoms with Gasteiger partial charge in [0.05, 0.1) is 5.92 Å². The summed E-state index contributed by atoms with van der Waals surface area (Å²) in [4.78, 5) is 11.9. The van der Waals surface area contributed by atoms with Gasteiger partial charge in [-0.15, -0.1) is 0 Å². The van der Waals surface area contributed by atoms with E-state index in [1.165, 1.54) is 10.4 Å². The molecule has 0 aromatic heterocycles. The van der Waals surface area contributed by atoms with Crippen LogP contribution >= 0.6 is 0 Å². The lowest BCUT2D eigenvalue weighted by Gasteiger charge is -2.44. The highest BCUT2D eigenvalue weighted by molar-refractivity contribution is 6.99. The Morgan fingerprint density at radius 1 is 0.964 bits per heavy atom. The van der Waals surface area contributed by atoms with E-state index >= 15 is 0 Å². The molecule has 150 valence electrons. The Morgan fingerprint density at radius 3 is 1.86 bits per heavy atom. The molecule has 1 N–H and O–H groups in total. The van der Waals surface area contributed by atoms with Crippen molar-refractivity contribution in [3.05, 3.63) is 60.7 Å². The zero-order chi connectivity index (χ0) is 20.4. The van der Waals surface area contributed by atoms with Crippen LogP contribution in [0.2, 0.25) is 5.04 Å². The second-order valence-electron chi connectivity index (χ2n) is 9.19. The molecule has 0 bridgehead atoms. The van der Waals surface area contributed by atoms with E-state index in [0.717, 1.165) is 6.42 Å². The number of carbonyl (C=O) groups excluding carboxylic acids is 1. The van der Waals surface area contributed by atoms with Crippen molar-refractivity contribution < 1.29 is 9.22 Å². The monoisotopic (exact) mass is 395 g/mol. The third kappa shape index (κ3) is 3.81. The van der Waals surface area contributed by atoms with Gasteiger partial charge in [-0.05, 0) is 27.8 Å². The summed E-state index contributed by atoms with van der Waals surface area (Å²) < 4.78 is 6.92. The quantitative estimate of drug-likeness (QED) is 0.573. The van der Waals surface area contributed by atoms with Crippen molar-refractivity contribution >= 4 is 24.6 Å². The second kappa shape index (κ2) is 8.22. The van der Waals surface area contributed by atoms with Gasteiger partial charge in [-0.25, -0.2) is 0 Å². The van der Waals surface area contributed by atoms with Crippen molar-refractivity contribution in [3.63, 3.8) is 0 Å². The number of hydrogen-bond acceptors (Lipinski definition) is 2. The Balaban J connectivity index is 1.90. The summed E-state index contributed by atoms with van der Waals surface area (Å²) in [5.74, 6) is 0.666. The fourth-order valence-electron chi connectivity index (χ4n) is 4.57. The fraction of sp³-hybridized carbons (Fsp3) is 0.458. The van der Waals surface area contributed by atoms with E-state index in [1.807, 2.05) is 0 Å². The van der Waals surface area contributed by atoms with Gasteiger partial charge in [0.1, 0.15) is 0 Å². The largest absolute Gasteiger partial charge is 0.407 e. The van der Waals surface area contributed by atoms with Crippen LogP contribution in [0.5, 0.6) is 0 Å². The molecule has 0 saturated carbocycles. The maximum absolute atomic E-state index is 11.9. The van der Waals surface area contributed by atoms with Crippen molar-refractivity contribution in [2.45, 2.75) is 52.1 Å². The molecule has 0 radical (unpaired) electrons. The lowest BCUT2D eigenvalue weighted by atomic mass is 9.80. The van der Waals surface area contributed by atoms with Crippen LogP contribution in [-0.4, -0.2) is 26.9 Å². The standard InChI is InChI=1S/C24H33NO2Si/c1-18(2)22-21(25-23(22)26)16-17-27-28(24(3,4)5,19-12-8-6-9-13-19)20-14-10-7-11-15-20/h6-15,18,21-22H,16-17H2,1-5H3,(H,25,26)/t21-,22-/m1/s1. The van der Waals surface area contributed by atoms with Gasteiger partial charge in [0.25, 0.3) is 8.32 Å². The zero-order valence-corrected chi connectivity index (χ0v) is 18.7. The van der Waals surface area contributed by atoms with Crippen LogP contribution in [0.3, 0.4) is 0 Å². The van der Waals surface area contributed by atoms with Crippen molar-refractivity contribution in [1.29, 1.82) is 0 Å². The molecule has 1 saturated heterocycles. The van der Waals surface area contributed by atoms with Gasteiger partial charge in [-0.2, -0.15) is 0 Å². The number of carbonyl (C=O) groups is 1. The summed E-state index contributed by atoms with van der Waals surface area (Å²) in [5, 5.41) is 5.65. The van der Waals surface area contributed by atoms with Crippen LogP contribution in [0.15, 0.2) is 60.7 Å². The van der Waals surface area contributed by atoms with Gasteiger partial charge in [0.2, 0.25) is 5.91 Å². The van der Waals surface area contributed by atoms with Gasteiger partial charge < -0.3 is 9.74 Å². The fourth-order valence-corrected chi connectivity index (χ4v) is 9.15. The molecule has 2 aromatic rings. The average molecular weight is 396 g/mol. The van der Waals surface area contributed by atoms with Gasteiger partial charge in [-0.1, -0.05) is 95.3 Å². The number of amides is 1. The summed E-state index contributed by atoms with van der Waals surface area (Å²) in [6, 6.07) is 21.6. The SMILES string of the molecule is CC(C)[C@H]1C(=O)N[C@@H]1CCO[Si](c1ccccc1)(c1ccccc1)C(C)(C)C. The van der Waals surface area contributed by atoms with E-state index < -0.39 is 8.32 Å². The Hall–Kier alpha value is -1.91. The predicted molar refractivity (Wildman–Crippen MR) is 118 cm³/mol. The minimum absolute atomic E-state index is 0.0178. The normalized spacial score (nSPS) is 20.0. The molecule has 3 rings (SSSR count). The highest BCUT2D eigenvalue weighted by Gasteiger charge is 2.50. The topological polar surface area (TPSA) is 38.3 Å². The molecule has 2 aromatic carbocycles. The van der Waals surface area contributed by atoms with Crippen molar-refractivity contribution in [2.75, 3.05) is 6.61 Å². The van der Waals surface area contributed by atoms with E-state index in [2.05, 4.69) is 101 Å². The maximum Gasteiger partial charge on any atom is 0.261 e. The summed E-state index contributed by atoms with van der Waals surface area (Å²) >= 11 is 0. The minimum atomic E-state index is -2.48. The molecular formula is C24H33NO2Si. The number of hydrogen-bond donors (Lipinski definition) is 1. The van der Waals surface area contributed by atoms with E-state index in [4.69, 9.17) is 4.43 Å². The number of β-lactam (4-membered cyclic amide) rings is 1. The van der Waals surface area contributed by atoms with Crippen molar-refractivity contribution in [1.82, 2.24) is 5.32 Å². The average Bonchev–Trinajstić information content (AvgIpc) is 2.64. The summed E-state index contributed by atoms with van der Waals surface area (Å²) in [6.45, 7) is 11.8. The molecule has 0 spiro atoms. The van der Waals surface area contributed by atoms with Crippen LogP contribution < -0.4 is 15.7 Å². The summed E-state index contributed by atoms with van der Waals surface area (Å²) in [5.41, 5.74) is 0. The Morgan fingerprint density at radius 2 is 1.46 bits per heavy atom. The van der Waals surface area contributed by atoms with Gasteiger partial charge >= 0.3 is 0 Å². The molecule has 1 heterocycles. The van der Waals surface area contributed by atoms with Crippen LogP contribution in [0, 0.1) is 11.8 Å². The maximum atomic E-state index is 11.9. The van der Waals surface area contributed by atoms with E-state index in [9.17, 15) is 4.79 Å². The Bertz CT molecular complexity index is 744. The van der Waals surface area contributed by atoms with Crippen molar-refractivity contribution in [2.24, 2.45) is 11.8 Å². The Labute approximate surface area is 170 Å². The van der Waals surface area contributed by atoms with E-state index in [1.54, 1.807) is 0 Å². The lowest BCUT2D eigenvalue weighted by Crippen LogP contribution is -2.67. The number of benzene rings is 2. The molecule has 1 aliphatic heterocycles. The van der Waals surface area contributed by atoms with E-state index in [0.29, 0.717) is 12.5 Å². The lowest BCUT2D eigenvalue weighted by molar-refractivity contribution is -0.137.